The molecular formula is C16H26N4. The molecule has 0 unspecified atom stereocenters. The van der Waals surface area contributed by atoms with Gasteiger partial charge in [-0.1, -0.05) is 24.6 Å². The second-order valence-electron chi connectivity index (χ2n) is 5.78. The van der Waals surface area contributed by atoms with Gasteiger partial charge in [-0.3, -0.25) is 4.99 Å². The number of benzene rings is 1. The van der Waals surface area contributed by atoms with E-state index in [0.717, 1.165) is 24.7 Å². The summed E-state index contributed by atoms with van der Waals surface area (Å²) in [6.45, 7) is 8.56. The third-order valence-electron chi connectivity index (χ3n) is 3.90. The van der Waals surface area contributed by atoms with E-state index >= 15 is 0 Å². The Morgan fingerprint density at radius 1 is 1.30 bits per heavy atom. The van der Waals surface area contributed by atoms with E-state index in [1.54, 1.807) is 0 Å². The van der Waals surface area contributed by atoms with E-state index in [4.69, 9.17) is 5.73 Å². The molecule has 0 aliphatic carbocycles. The highest BCUT2D eigenvalue weighted by atomic mass is 15.2. The molecule has 0 spiro atoms. The van der Waals surface area contributed by atoms with Gasteiger partial charge in [-0.05, 0) is 50.9 Å². The normalized spacial score (nSPS) is 18.2. The monoisotopic (exact) mass is 274 g/mol. The van der Waals surface area contributed by atoms with E-state index in [0.29, 0.717) is 5.96 Å². The van der Waals surface area contributed by atoms with Gasteiger partial charge in [-0.25, -0.2) is 0 Å². The van der Waals surface area contributed by atoms with Crippen molar-refractivity contribution in [3.8, 4) is 0 Å². The number of guanidine groups is 1. The van der Waals surface area contributed by atoms with Crippen molar-refractivity contribution < 1.29 is 0 Å². The fourth-order valence-corrected chi connectivity index (χ4v) is 2.42. The average molecular weight is 274 g/mol. The van der Waals surface area contributed by atoms with Crippen LogP contribution < -0.4 is 11.1 Å². The molecule has 1 saturated heterocycles. The molecule has 110 valence electrons. The first-order chi connectivity index (χ1) is 9.63. The minimum atomic E-state index is 0.499. The number of nitrogens with one attached hydrogen (secondary N) is 1. The number of hydrogen-bond acceptors (Lipinski definition) is 2. The first-order valence-corrected chi connectivity index (χ1v) is 7.49. The molecule has 4 heteroatoms. The van der Waals surface area contributed by atoms with Gasteiger partial charge in [0.1, 0.15) is 0 Å². The van der Waals surface area contributed by atoms with Crippen LogP contribution in [0.4, 0.5) is 5.69 Å². The summed E-state index contributed by atoms with van der Waals surface area (Å²) in [4.78, 5) is 6.87. The topological polar surface area (TPSA) is 53.6 Å². The van der Waals surface area contributed by atoms with Gasteiger partial charge in [0.25, 0.3) is 0 Å². The van der Waals surface area contributed by atoms with E-state index in [1.807, 2.05) is 12.1 Å². The molecule has 4 nitrogen and oxygen atoms in total. The van der Waals surface area contributed by atoms with Crippen LogP contribution in [0.5, 0.6) is 0 Å². The predicted molar refractivity (Wildman–Crippen MR) is 86.1 cm³/mol. The fraction of sp³-hybridized carbons (Fsp3) is 0.562. The number of nitrogens with two attached hydrogens (primary N) is 1. The summed E-state index contributed by atoms with van der Waals surface area (Å²) < 4.78 is 0. The molecule has 0 radical (unpaired) electrons. The molecule has 1 heterocycles. The molecular weight excluding hydrogens is 248 g/mol. The zero-order valence-electron chi connectivity index (χ0n) is 12.6. The van der Waals surface area contributed by atoms with Crippen molar-refractivity contribution in [2.45, 2.75) is 26.7 Å². The summed E-state index contributed by atoms with van der Waals surface area (Å²) in [5.41, 5.74) is 8.13. The molecule has 1 aromatic carbocycles. The van der Waals surface area contributed by atoms with Crippen molar-refractivity contribution >= 4 is 11.6 Å². The minimum Gasteiger partial charge on any atom is -0.370 e. The summed E-state index contributed by atoms with van der Waals surface area (Å²) in [7, 11) is 0. The van der Waals surface area contributed by atoms with Gasteiger partial charge >= 0.3 is 0 Å². The lowest BCUT2D eigenvalue weighted by molar-refractivity contribution is 0.197. The van der Waals surface area contributed by atoms with E-state index in [9.17, 15) is 0 Å². The molecule has 2 rings (SSSR count). The third-order valence-corrected chi connectivity index (χ3v) is 3.90. The van der Waals surface area contributed by atoms with Crippen molar-refractivity contribution in [3.05, 3.63) is 29.8 Å². The average Bonchev–Trinajstić information content (AvgIpc) is 2.44. The van der Waals surface area contributed by atoms with Gasteiger partial charge in [-0.2, -0.15) is 0 Å². The highest BCUT2D eigenvalue weighted by molar-refractivity contribution is 5.92. The van der Waals surface area contributed by atoms with E-state index in [-0.39, 0.29) is 0 Å². The van der Waals surface area contributed by atoms with Crippen molar-refractivity contribution in [1.29, 1.82) is 0 Å². The van der Waals surface area contributed by atoms with Crippen LogP contribution in [-0.2, 0) is 0 Å². The minimum absolute atomic E-state index is 0.499. The maximum absolute atomic E-state index is 5.90. The highest BCUT2D eigenvalue weighted by Crippen LogP contribution is 2.15. The molecule has 0 aromatic heterocycles. The van der Waals surface area contributed by atoms with Crippen LogP contribution in [0, 0.1) is 12.8 Å². The van der Waals surface area contributed by atoms with Crippen LogP contribution in [-0.4, -0.2) is 37.0 Å². The number of hydrogen-bond donors (Lipinski definition) is 2. The lowest BCUT2D eigenvalue weighted by Crippen LogP contribution is -2.35. The van der Waals surface area contributed by atoms with Gasteiger partial charge in [0.05, 0.1) is 6.54 Å². The van der Waals surface area contributed by atoms with Crippen molar-refractivity contribution in [3.63, 3.8) is 0 Å². The number of aryl methyl sites for hydroxylation is 1. The van der Waals surface area contributed by atoms with Crippen LogP contribution in [0.3, 0.4) is 0 Å². The third kappa shape index (κ3) is 4.85. The molecule has 0 amide bonds. The van der Waals surface area contributed by atoms with E-state index in [1.165, 1.54) is 31.5 Å². The number of aliphatic imine (C=N–C) groups is 1. The highest BCUT2D eigenvalue weighted by Gasteiger charge is 2.14. The largest absolute Gasteiger partial charge is 0.370 e. The fourth-order valence-electron chi connectivity index (χ4n) is 2.42. The maximum atomic E-state index is 5.90. The van der Waals surface area contributed by atoms with Gasteiger partial charge in [-0.15, -0.1) is 0 Å². The molecule has 3 N–H and O–H groups in total. The van der Waals surface area contributed by atoms with Crippen molar-refractivity contribution in [1.82, 2.24) is 4.90 Å². The molecule has 0 saturated carbocycles. The molecule has 1 aliphatic heterocycles. The predicted octanol–water partition coefficient (Wildman–Crippen LogP) is 2.45. The Hall–Kier alpha value is -1.55. The number of nitrogens with zero attached hydrogens (tertiary/aromatic N) is 2. The zero-order chi connectivity index (χ0) is 14.4. The number of rotatable bonds is 4. The van der Waals surface area contributed by atoms with E-state index in [2.05, 4.69) is 41.2 Å². The quantitative estimate of drug-likeness (QED) is 0.655. The van der Waals surface area contributed by atoms with Crippen molar-refractivity contribution in [2.24, 2.45) is 16.6 Å². The molecule has 20 heavy (non-hydrogen) atoms. The summed E-state index contributed by atoms with van der Waals surface area (Å²) in [5.74, 6) is 1.38. The van der Waals surface area contributed by atoms with Gasteiger partial charge in [0.2, 0.25) is 0 Å². The summed E-state index contributed by atoms with van der Waals surface area (Å²) in [5, 5.41) is 3.12. The standard InChI is InChI=1S/C16H26N4/c1-13-3-5-15(6-4-13)19-16(17)18-9-12-20-10-7-14(2)8-11-20/h3-6,14H,7-12H2,1-2H3,(H3,17,18,19). The van der Waals surface area contributed by atoms with Crippen molar-refractivity contribution in [2.75, 3.05) is 31.5 Å². The van der Waals surface area contributed by atoms with Crippen LogP contribution >= 0.6 is 0 Å². The summed E-state index contributed by atoms with van der Waals surface area (Å²) in [6, 6.07) is 8.16. The second-order valence-corrected chi connectivity index (χ2v) is 5.78. The molecule has 0 atom stereocenters. The Bertz CT molecular complexity index is 430. The summed E-state index contributed by atoms with van der Waals surface area (Å²) in [6.07, 6.45) is 2.61. The lowest BCUT2D eigenvalue weighted by atomic mass is 9.99. The van der Waals surface area contributed by atoms with Crippen LogP contribution in [0.15, 0.2) is 29.3 Å². The Labute approximate surface area is 122 Å². The summed E-state index contributed by atoms with van der Waals surface area (Å²) >= 11 is 0. The molecule has 1 aliphatic rings. The Kier molecular flexibility index (Phi) is 5.41. The van der Waals surface area contributed by atoms with E-state index < -0.39 is 0 Å². The SMILES string of the molecule is Cc1ccc(NC(N)=NCCN2CCC(C)CC2)cc1. The Morgan fingerprint density at radius 2 is 1.95 bits per heavy atom. The number of likely N-dealkylation sites (tertiary alicyclic amines) is 1. The lowest BCUT2D eigenvalue weighted by Gasteiger charge is -2.29. The smallest absolute Gasteiger partial charge is 0.193 e. The Morgan fingerprint density at radius 3 is 2.60 bits per heavy atom. The number of anilines is 1. The van der Waals surface area contributed by atoms with Crippen LogP contribution in [0.1, 0.15) is 25.3 Å². The molecule has 1 aromatic rings. The van der Waals surface area contributed by atoms with Crippen LogP contribution in [0.25, 0.3) is 0 Å². The number of piperidine rings is 1. The van der Waals surface area contributed by atoms with Gasteiger partial charge in [0, 0.05) is 12.2 Å². The first kappa shape index (κ1) is 14.9. The zero-order valence-corrected chi connectivity index (χ0v) is 12.6. The Balaban J connectivity index is 1.72. The van der Waals surface area contributed by atoms with Gasteiger partial charge in [0.15, 0.2) is 5.96 Å². The van der Waals surface area contributed by atoms with Gasteiger partial charge < -0.3 is 16.0 Å². The van der Waals surface area contributed by atoms with Crippen LogP contribution in [0.2, 0.25) is 0 Å². The molecule has 0 bridgehead atoms. The maximum Gasteiger partial charge on any atom is 0.193 e. The second kappa shape index (κ2) is 7.29. The first-order valence-electron chi connectivity index (χ1n) is 7.49. The molecule has 1 fully saturated rings.